The summed E-state index contributed by atoms with van der Waals surface area (Å²) in [4.78, 5) is 2.41. The molecule has 0 radical (unpaired) electrons. The van der Waals surface area contributed by atoms with Gasteiger partial charge in [0, 0.05) is 30.9 Å². The van der Waals surface area contributed by atoms with E-state index >= 15 is 0 Å². The Morgan fingerprint density at radius 2 is 2.18 bits per heavy atom. The maximum Gasteiger partial charge on any atom is 0.0994 e. The lowest BCUT2D eigenvalue weighted by molar-refractivity contribution is 0.425. The van der Waals surface area contributed by atoms with E-state index in [1.807, 2.05) is 13.0 Å². The molecule has 1 N–H and O–H groups in total. The van der Waals surface area contributed by atoms with Gasteiger partial charge < -0.3 is 10.2 Å². The Kier molecular flexibility index (Phi) is 3.35. The second-order valence-electron chi connectivity index (χ2n) is 4.92. The second-order valence-corrected chi connectivity index (χ2v) is 4.92. The van der Waals surface area contributed by atoms with E-state index in [0.717, 1.165) is 24.2 Å². The van der Waals surface area contributed by atoms with Gasteiger partial charge in [-0.15, -0.1) is 0 Å². The van der Waals surface area contributed by atoms with E-state index in [9.17, 15) is 0 Å². The van der Waals surface area contributed by atoms with Crippen LogP contribution in [0.5, 0.6) is 0 Å². The molecule has 3 heteroatoms. The lowest BCUT2D eigenvalue weighted by Gasteiger charge is -2.39. The predicted octanol–water partition coefficient (Wildman–Crippen LogP) is 2.05. The van der Waals surface area contributed by atoms with Gasteiger partial charge in [0.05, 0.1) is 11.6 Å². The smallest absolute Gasteiger partial charge is 0.0994 e. The number of nitrogens with zero attached hydrogens (tertiary/aromatic N) is 2. The molecule has 1 fully saturated rings. The van der Waals surface area contributed by atoms with Crippen molar-refractivity contribution in [2.75, 3.05) is 18.0 Å². The van der Waals surface area contributed by atoms with Crippen molar-refractivity contribution < 1.29 is 0 Å². The highest BCUT2D eigenvalue weighted by atomic mass is 15.2. The molecule has 1 aliphatic rings. The number of piperazine rings is 1. The zero-order chi connectivity index (χ0) is 12.4. The van der Waals surface area contributed by atoms with Crippen LogP contribution in [0.4, 0.5) is 5.69 Å². The molecule has 1 aromatic rings. The van der Waals surface area contributed by atoms with E-state index in [4.69, 9.17) is 5.26 Å². The van der Waals surface area contributed by atoms with Crippen LogP contribution in [0.1, 0.15) is 25.0 Å². The Morgan fingerprint density at radius 3 is 2.82 bits per heavy atom. The summed E-state index contributed by atoms with van der Waals surface area (Å²) in [5.74, 6) is 0. The van der Waals surface area contributed by atoms with Gasteiger partial charge in [0.2, 0.25) is 0 Å². The van der Waals surface area contributed by atoms with Crippen molar-refractivity contribution >= 4 is 5.69 Å². The van der Waals surface area contributed by atoms with Crippen LogP contribution in [0.15, 0.2) is 18.2 Å². The number of aryl methyl sites for hydroxylation is 1. The third-order valence-electron chi connectivity index (χ3n) is 3.43. The maximum atomic E-state index is 8.94. The molecule has 3 nitrogen and oxygen atoms in total. The molecule has 1 heterocycles. The number of nitriles is 1. The Hall–Kier alpha value is -1.53. The highest BCUT2D eigenvalue weighted by Gasteiger charge is 2.22. The minimum absolute atomic E-state index is 0.499. The van der Waals surface area contributed by atoms with Gasteiger partial charge in [-0.2, -0.15) is 5.26 Å². The van der Waals surface area contributed by atoms with Crippen LogP contribution in [0, 0.1) is 18.3 Å². The van der Waals surface area contributed by atoms with Crippen LogP contribution in [0.25, 0.3) is 0 Å². The van der Waals surface area contributed by atoms with Crippen molar-refractivity contribution in [2.24, 2.45) is 0 Å². The summed E-state index contributed by atoms with van der Waals surface area (Å²) in [6.07, 6.45) is 0. The SMILES string of the molecule is Cc1cc(N2CC(C)NCC2C)ccc1C#N. The topological polar surface area (TPSA) is 39.1 Å². The van der Waals surface area contributed by atoms with Gasteiger partial charge in [-0.05, 0) is 44.5 Å². The minimum Gasteiger partial charge on any atom is -0.366 e. The van der Waals surface area contributed by atoms with Gasteiger partial charge in [0.15, 0.2) is 0 Å². The minimum atomic E-state index is 0.499. The number of rotatable bonds is 1. The Labute approximate surface area is 103 Å². The largest absolute Gasteiger partial charge is 0.366 e. The van der Waals surface area contributed by atoms with E-state index in [1.165, 1.54) is 5.69 Å². The first-order valence-corrected chi connectivity index (χ1v) is 6.12. The van der Waals surface area contributed by atoms with Crippen molar-refractivity contribution in [1.82, 2.24) is 5.32 Å². The average molecular weight is 229 g/mol. The second kappa shape index (κ2) is 4.77. The molecular formula is C14H19N3. The summed E-state index contributed by atoms with van der Waals surface area (Å²) in [6, 6.07) is 9.32. The summed E-state index contributed by atoms with van der Waals surface area (Å²) in [7, 11) is 0. The molecule has 0 aliphatic carbocycles. The van der Waals surface area contributed by atoms with Crippen molar-refractivity contribution in [3.63, 3.8) is 0 Å². The number of nitrogens with one attached hydrogen (secondary N) is 1. The van der Waals surface area contributed by atoms with E-state index in [-0.39, 0.29) is 0 Å². The third-order valence-corrected chi connectivity index (χ3v) is 3.43. The Balaban J connectivity index is 2.27. The fourth-order valence-electron chi connectivity index (χ4n) is 2.33. The lowest BCUT2D eigenvalue weighted by Crippen LogP contribution is -2.54. The molecule has 0 aromatic heterocycles. The van der Waals surface area contributed by atoms with E-state index < -0.39 is 0 Å². The van der Waals surface area contributed by atoms with Gasteiger partial charge in [-0.1, -0.05) is 0 Å². The van der Waals surface area contributed by atoms with E-state index in [1.54, 1.807) is 0 Å². The van der Waals surface area contributed by atoms with Gasteiger partial charge in [0.25, 0.3) is 0 Å². The molecule has 2 rings (SSSR count). The first kappa shape index (κ1) is 11.9. The van der Waals surface area contributed by atoms with Gasteiger partial charge in [-0.25, -0.2) is 0 Å². The molecule has 1 aromatic carbocycles. The van der Waals surface area contributed by atoms with Crippen LogP contribution in [0.2, 0.25) is 0 Å². The molecule has 0 amide bonds. The first-order chi connectivity index (χ1) is 8.11. The molecule has 0 bridgehead atoms. The number of hydrogen-bond acceptors (Lipinski definition) is 3. The van der Waals surface area contributed by atoms with Gasteiger partial charge in [-0.3, -0.25) is 0 Å². The Bertz CT molecular complexity index is 447. The molecule has 17 heavy (non-hydrogen) atoms. The Morgan fingerprint density at radius 1 is 1.41 bits per heavy atom. The fraction of sp³-hybridized carbons (Fsp3) is 0.500. The summed E-state index contributed by atoms with van der Waals surface area (Å²) in [5, 5.41) is 12.4. The molecule has 0 spiro atoms. The van der Waals surface area contributed by atoms with Crippen molar-refractivity contribution in [3.8, 4) is 6.07 Å². The standard InChI is InChI=1S/C14H19N3/c1-10-6-14(5-4-13(10)7-15)17-9-11(2)16-8-12(17)3/h4-6,11-12,16H,8-9H2,1-3H3. The predicted molar refractivity (Wildman–Crippen MR) is 70.2 cm³/mol. The van der Waals surface area contributed by atoms with Crippen LogP contribution in [-0.4, -0.2) is 25.2 Å². The molecular weight excluding hydrogens is 210 g/mol. The quantitative estimate of drug-likeness (QED) is 0.801. The fourth-order valence-corrected chi connectivity index (χ4v) is 2.33. The number of anilines is 1. The molecule has 1 aliphatic heterocycles. The first-order valence-electron chi connectivity index (χ1n) is 6.12. The molecule has 90 valence electrons. The van der Waals surface area contributed by atoms with Crippen LogP contribution in [0.3, 0.4) is 0 Å². The average Bonchev–Trinajstić information content (AvgIpc) is 2.32. The van der Waals surface area contributed by atoms with Crippen LogP contribution in [-0.2, 0) is 0 Å². The summed E-state index contributed by atoms with van der Waals surface area (Å²) in [6.45, 7) is 8.47. The highest BCUT2D eigenvalue weighted by molar-refractivity contribution is 5.54. The van der Waals surface area contributed by atoms with Crippen molar-refractivity contribution in [3.05, 3.63) is 29.3 Å². The summed E-state index contributed by atoms with van der Waals surface area (Å²) >= 11 is 0. The molecule has 2 atom stereocenters. The zero-order valence-corrected chi connectivity index (χ0v) is 10.7. The van der Waals surface area contributed by atoms with E-state index in [0.29, 0.717) is 12.1 Å². The van der Waals surface area contributed by atoms with Crippen LogP contribution < -0.4 is 10.2 Å². The van der Waals surface area contributed by atoms with Gasteiger partial charge in [0.1, 0.15) is 0 Å². The van der Waals surface area contributed by atoms with Crippen LogP contribution >= 0.6 is 0 Å². The van der Waals surface area contributed by atoms with Gasteiger partial charge >= 0.3 is 0 Å². The zero-order valence-electron chi connectivity index (χ0n) is 10.7. The lowest BCUT2D eigenvalue weighted by atomic mass is 10.1. The molecule has 2 unspecified atom stereocenters. The van der Waals surface area contributed by atoms with Crippen molar-refractivity contribution in [2.45, 2.75) is 32.9 Å². The number of benzene rings is 1. The normalized spacial score (nSPS) is 24.5. The number of hydrogen-bond donors (Lipinski definition) is 1. The highest BCUT2D eigenvalue weighted by Crippen LogP contribution is 2.22. The monoisotopic (exact) mass is 229 g/mol. The summed E-state index contributed by atoms with van der Waals surface area (Å²) < 4.78 is 0. The maximum absolute atomic E-state index is 8.94. The third kappa shape index (κ3) is 2.42. The molecule has 0 saturated carbocycles. The van der Waals surface area contributed by atoms with Crippen molar-refractivity contribution in [1.29, 1.82) is 5.26 Å². The van der Waals surface area contributed by atoms with E-state index in [2.05, 4.69) is 42.3 Å². The summed E-state index contributed by atoms with van der Waals surface area (Å²) in [5.41, 5.74) is 3.05. The molecule has 1 saturated heterocycles.